The van der Waals surface area contributed by atoms with Crippen molar-refractivity contribution in [3.8, 4) is 0 Å². The van der Waals surface area contributed by atoms with Crippen molar-refractivity contribution in [3.05, 3.63) is 29.3 Å². The van der Waals surface area contributed by atoms with Crippen LogP contribution in [0.25, 0.3) is 0 Å². The molecule has 1 saturated heterocycles. The van der Waals surface area contributed by atoms with E-state index in [9.17, 15) is 4.79 Å². The number of benzene rings is 1. The summed E-state index contributed by atoms with van der Waals surface area (Å²) in [5.74, 6) is -0.0961. The molecule has 0 saturated carbocycles. The fraction of sp³-hybridized carbons (Fsp3) is 0.462. The highest BCUT2D eigenvalue weighted by Gasteiger charge is 2.38. The second kappa shape index (κ2) is 5.16. The smallest absolute Gasteiger partial charge is 0.253 e. The van der Waals surface area contributed by atoms with Gasteiger partial charge in [0.25, 0.3) is 5.91 Å². The van der Waals surface area contributed by atoms with Gasteiger partial charge in [-0.05, 0) is 31.2 Å². The number of morpholine rings is 1. The van der Waals surface area contributed by atoms with E-state index in [4.69, 9.17) is 16.3 Å². The molecule has 1 N–H and O–H groups in total. The third-order valence-corrected chi connectivity index (χ3v) is 3.43. The zero-order valence-electron chi connectivity index (χ0n) is 10.6. The van der Waals surface area contributed by atoms with Gasteiger partial charge in [-0.25, -0.2) is 0 Å². The first-order chi connectivity index (χ1) is 8.55. The molecule has 0 radical (unpaired) electrons. The van der Waals surface area contributed by atoms with Crippen molar-refractivity contribution in [2.24, 2.45) is 0 Å². The number of carbonyl (C=O) groups is 1. The minimum Gasteiger partial charge on any atom is -0.366 e. The first-order valence-electron chi connectivity index (χ1n) is 5.92. The molecule has 0 unspecified atom stereocenters. The summed E-state index contributed by atoms with van der Waals surface area (Å²) in [7, 11) is 1.62. The number of likely N-dealkylation sites (N-methyl/N-ethyl adjacent to an activating group) is 1. The molecule has 1 fully saturated rings. The van der Waals surface area contributed by atoms with Crippen molar-refractivity contribution in [1.82, 2.24) is 5.32 Å². The van der Waals surface area contributed by atoms with Gasteiger partial charge in [0.15, 0.2) is 5.60 Å². The fourth-order valence-electron chi connectivity index (χ4n) is 2.14. The Morgan fingerprint density at radius 1 is 1.44 bits per heavy atom. The molecule has 0 aromatic heterocycles. The zero-order chi connectivity index (χ0) is 13.2. The standard InChI is InChI=1S/C13H17ClN2O2/c1-13(12(17)15-2)9-16(7-8-18-13)11-5-3-10(14)4-6-11/h3-6H,7-9H2,1-2H3,(H,15,17)/t13-/m0/s1. The van der Waals surface area contributed by atoms with Crippen LogP contribution in [0.1, 0.15) is 6.92 Å². The molecular formula is C13H17ClN2O2. The molecule has 18 heavy (non-hydrogen) atoms. The van der Waals surface area contributed by atoms with Gasteiger partial charge in [-0.15, -0.1) is 0 Å². The van der Waals surface area contributed by atoms with Gasteiger partial charge in [-0.3, -0.25) is 4.79 Å². The molecule has 1 aliphatic heterocycles. The lowest BCUT2D eigenvalue weighted by Gasteiger charge is -2.40. The Morgan fingerprint density at radius 2 is 2.11 bits per heavy atom. The lowest BCUT2D eigenvalue weighted by Crippen LogP contribution is -2.57. The van der Waals surface area contributed by atoms with Crippen LogP contribution in [0, 0.1) is 0 Å². The van der Waals surface area contributed by atoms with Crippen LogP contribution in [-0.4, -0.2) is 38.3 Å². The quantitative estimate of drug-likeness (QED) is 0.887. The van der Waals surface area contributed by atoms with Crippen LogP contribution in [-0.2, 0) is 9.53 Å². The third-order valence-electron chi connectivity index (χ3n) is 3.17. The van der Waals surface area contributed by atoms with Crippen molar-refractivity contribution in [1.29, 1.82) is 0 Å². The van der Waals surface area contributed by atoms with E-state index in [2.05, 4.69) is 10.2 Å². The number of hydrogen-bond acceptors (Lipinski definition) is 3. The average Bonchev–Trinajstić information content (AvgIpc) is 2.38. The summed E-state index contributed by atoms with van der Waals surface area (Å²) in [6.45, 7) is 3.66. The molecule has 1 aromatic rings. The van der Waals surface area contributed by atoms with Gasteiger partial charge in [0, 0.05) is 24.3 Å². The van der Waals surface area contributed by atoms with Gasteiger partial charge in [-0.2, -0.15) is 0 Å². The Hall–Kier alpha value is -1.26. The molecule has 0 bridgehead atoms. The molecule has 98 valence electrons. The molecule has 1 amide bonds. The molecule has 5 heteroatoms. The van der Waals surface area contributed by atoms with Crippen molar-refractivity contribution in [3.63, 3.8) is 0 Å². The minimum atomic E-state index is -0.799. The molecular weight excluding hydrogens is 252 g/mol. The summed E-state index contributed by atoms with van der Waals surface area (Å²) in [6.07, 6.45) is 0. The van der Waals surface area contributed by atoms with Gasteiger partial charge in [-0.1, -0.05) is 11.6 Å². The first-order valence-corrected chi connectivity index (χ1v) is 6.29. The summed E-state index contributed by atoms with van der Waals surface area (Å²) in [6, 6.07) is 7.61. The third kappa shape index (κ3) is 2.60. The average molecular weight is 269 g/mol. The largest absolute Gasteiger partial charge is 0.366 e. The molecule has 1 atom stereocenters. The van der Waals surface area contributed by atoms with Crippen LogP contribution >= 0.6 is 11.6 Å². The second-order valence-corrected chi connectivity index (χ2v) is 4.99. The molecule has 1 aromatic carbocycles. The van der Waals surface area contributed by atoms with E-state index in [1.807, 2.05) is 31.2 Å². The number of anilines is 1. The van der Waals surface area contributed by atoms with Crippen molar-refractivity contribution < 1.29 is 9.53 Å². The lowest BCUT2D eigenvalue weighted by atomic mass is 10.0. The van der Waals surface area contributed by atoms with Crippen LogP contribution in [0.4, 0.5) is 5.69 Å². The summed E-state index contributed by atoms with van der Waals surface area (Å²) in [4.78, 5) is 14.0. The van der Waals surface area contributed by atoms with Gasteiger partial charge in [0.05, 0.1) is 13.2 Å². The Balaban J connectivity index is 2.16. The molecule has 1 heterocycles. The Labute approximate surface area is 112 Å². The Bertz CT molecular complexity index is 435. The highest BCUT2D eigenvalue weighted by atomic mass is 35.5. The Morgan fingerprint density at radius 3 is 2.72 bits per heavy atom. The normalized spacial score (nSPS) is 23.8. The lowest BCUT2D eigenvalue weighted by molar-refractivity contribution is -0.145. The van der Waals surface area contributed by atoms with E-state index < -0.39 is 5.60 Å². The van der Waals surface area contributed by atoms with E-state index in [1.165, 1.54) is 0 Å². The maximum atomic E-state index is 11.8. The summed E-state index contributed by atoms with van der Waals surface area (Å²) >= 11 is 5.87. The molecule has 1 aliphatic rings. The maximum absolute atomic E-state index is 11.8. The van der Waals surface area contributed by atoms with E-state index >= 15 is 0 Å². The zero-order valence-corrected chi connectivity index (χ0v) is 11.3. The number of amides is 1. The first kappa shape index (κ1) is 13.2. The summed E-state index contributed by atoms with van der Waals surface area (Å²) < 4.78 is 5.61. The van der Waals surface area contributed by atoms with E-state index in [1.54, 1.807) is 7.05 Å². The van der Waals surface area contributed by atoms with Crippen LogP contribution in [0.2, 0.25) is 5.02 Å². The molecule has 4 nitrogen and oxygen atoms in total. The predicted molar refractivity (Wildman–Crippen MR) is 72.1 cm³/mol. The number of nitrogens with one attached hydrogen (secondary N) is 1. The van der Waals surface area contributed by atoms with E-state index in [-0.39, 0.29) is 5.91 Å². The van der Waals surface area contributed by atoms with Gasteiger partial charge < -0.3 is 15.0 Å². The number of rotatable bonds is 2. The number of ether oxygens (including phenoxy) is 1. The minimum absolute atomic E-state index is 0.0961. The maximum Gasteiger partial charge on any atom is 0.253 e. The SMILES string of the molecule is CNC(=O)[C@]1(C)CN(c2ccc(Cl)cc2)CCO1. The summed E-state index contributed by atoms with van der Waals surface area (Å²) in [5, 5.41) is 3.35. The van der Waals surface area contributed by atoms with Crippen molar-refractivity contribution >= 4 is 23.2 Å². The number of halogens is 1. The molecule has 2 rings (SSSR count). The number of carbonyl (C=O) groups excluding carboxylic acids is 1. The highest BCUT2D eigenvalue weighted by Crippen LogP contribution is 2.24. The number of hydrogen-bond donors (Lipinski definition) is 1. The van der Waals surface area contributed by atoms with Crippen molar-refractivity contribution in [2.45, 2.75) is 12.5 Å². The van der Waals surface area contributed by atoms with Gasteiger partial charge >= 0.3 is 0 Å². The fourth-order valence-corrected chi connectivity index (χ4v) is 2.27. The van der Waals surface area contributed by atoms with E-state index in [0.29, 0.717) is 18.2 Å². The van der Waals surface area contributed by atoms with Gasteiger partial charge in [0.2, 0.25) is 0 Å². The van der Waals surface area contributed by atoms with Crippen LogP contribution in [0.15, 0.2) is 24.3 Å². The Kier molecular flexibility index (Phi) is 3.78. The number of nitrogens with zero attached hydrogens (tertiary/aromatic N) is 1. The van der Waals surface area contributed by atoms with E-state index in [0.717, 1.165) is 12.2 Å². The highest BCUT2D eigenvalue weighted by molar-refractivity contribution is 6.30. The van der Waals surface area contributed by atoms with Gasteiger partial charge in [0.1, 0.15) is 0 Å². The monoisotopic (exact) mass is 268 g/mol. The van der Waals surface area contributed by atoms with Crippen LogP contribution in [0.3, 0.4) is 0 Å². The summed E-state index contributed by atoms with van der Waals surface area (Å²) in [5.41, 5.74) is 0.255. The second-order valence-electron chi connectivity index (χ2n) is 4.56. The van der Waals surface area contributed by atoms with Crippen LogP contribution in [0.5, 0.6) is 0 Å². The molecule has 0 spiro atoms. The molecule has 0 aliphatic carbocycles. The predicted octanol–water partition coefficient (Wildman–Crippen LogP) is 1.68. The van der Waals surface area contributed by atoms with Crippen molar-refractivity contribution in [2.75, 3.05) is 31.6 Å². The van der Waals surface area contributed by atoms with Crippen LogP contribution < -0.4 is 10.2 Å². The topological polar surface area (TPSA) is 41.6 Å².